The van der Waals surface area contributed by atoms with E-state index in [1.807, 2.05) is 61.5 Å². The van der Waals surface area contributed by atoms with E-state index in [9.17, 15) is 4.79 Å². The normalized spacial score (nSPS) is 11.0. The average molecular weight is 484 g/mol. The average Bonchev–Trinajstić information content (AvgIpc) is 3.24. The molecule has 9 nitrogen and oxygen atoms in total. The Bertz CT molecular complexity index is 1620. The van der Waals surface area contributed by atoms with Crippen molar-refractivity contribution in [2.45, 2.75) is 13.5 Å². The molecule has 0 N–H and O–H groups in total. The van der Waals surface area contributed by atoms with Crippen LogP contribution in [0.15, 0.2) is 71.5 Å². The summed E-state index contributed by atoms with van der Waals surface area (Å²) in [5.74, 6) is 1.69. The summed E-state index contributed by atoms with van der Waals surface area (Å²) < 4.78 is 19.4. The van der Waals surface area contributed by atoms with Gasteiger partial charge in [-0.05, 0) is 69.6 Å². The summed E-state index contributed by atoms with van der Waals surface area (Å²) in [6.07, 6.45) is 0. The third-order valence-electron chi connectivity index (χ3n) is 6.08. The van der Waals surface area contributed by atoms with Crippen LogP contribution >= 0.6 is 0 Å². The molecule has 0 saturated carbocycles. The van der Waals surface area contributed by atoms with E-state index in [0.29, 0.717) is 23.2 Å². The molecule has 0 aliphatic rings. The van der Waals surface area contributed by atoms with Gasteiger partial charge < -0.3 is 14.2 Å². The second kappa shape index (κ2) is 9.53. The van der Waals surface area contributed by atoms with E-state index in [4.69, 9.17) is 14.2 Å². The molecule has 3 aromatic carbocycles. The van der Waals surface area contributed by atoms with Gasteiger partial charge >= 0.3 is 5.69 Å². The van der Waals surface area contributed by atoms with Crippen LogP contribution < -0.4 is 19.9 Å². The maximum absolute atomic E-state index is 12.4. The van der Waals surface area contributed by atoms with Crippen LogP contribution in [-0.4, -0.2) is 39.0 Å². The molecular weight excluding hydrogens is 458 g/mol. The molecule has 0 bridgehead atoms. The van der Waals surface area contributed by atoms with Crippen molar-refractivity contribution < 1.29 is 14.2 Å². The highest BCUT2D eigenvalue weighted by molar-refractivity contribution is 5.89. The van der Waals surface area contributed by atoms with Gasteiger partial charge in [0, 0.05) is 24.2 Å². The van der Waals surface area contributed by atoms with E-state index in [1.54, 1.807) is 21.3 Å². The van der Waals surface area contributed by atoms with Crippen LogP contribution in [0.2, 0.25) is 0 Å². The molecule has 0 aliphatic carbocycles. The Labute approximate surface area is 207 Å². The molecule has 0 unspecified atom stereocenters. The van der Waals surface area contributed by atoms with Gasteiger partial charge in [0.05, 0.1) is 19.9 Å². The van der Waals surface area contributed by atoms with E-state index < -0.39 is 0 Å². The van der Waals surface area contributed by atoms with Crippen molar-refractivity contribution in [2.24, 2.45) is 7.05 Å². The summed E-state index contributed by atoms with van der Waals surface area (Å²) in [7, 11) is 4.73. The molecule has 36 heavy (non-hydrogen) atoms. The van der Waals surface area contributed by atoms with Crippen molar-refractivity contribution in [3.8, 4) is 34.3 Å². The summed E-state index contributed by atoms with van der Waals surface area (Å²) >= 11 is 0. The zero-order valence-electron chi connectivity index (χ0n) is 20.4. The van der Waals surface area contributed by atoms with Crippen molar-refractivity contribution in [1.82, 2.24) is 24.8 Å². The standard InChI is InChI=1S/C27H25N5O4/c1-17-6-5-7-24(32-27(33)31(2)29-30-32)23(17)16-36-21-11-10-18-8-9-19(14-20(18)15-21)22-12-13-25(34-3)28-26(22)35-4/h5-15H,16H2,1-4H3. The minimum absolute atomic E-state index is 0.270. The summed E-state index contributed by atoms with van der Waals surface area (Å²) in [6.45, 7) is 2.25. The van der Waals surface area contributed by atoms with E-state index in [-0.39, 0.29) is 12.3 Å². The Kier molecular flexibility index (Phi) is 6.12. The Morgan fingerprint density at radius 3 is 2.47 bits per heavy atom. The SMILES string of the molecule is COc1ccc(-c2ccc3ccc(OCc4c(C)cccc4-n4nnn(C)c4=O)cc3c2)c(OC)n1. The molecule has 0 amide bonds. The fraction of sp³-hybridized carbons (Fsp3) is 0.185. The molecule has 9 heteroatoms. The maximum atomic E-state index is 12.4. The number of pyridine rings is 1. The molecule has 0 aliphatic heterocycles. The highest BCUT2D eigenvalue weighted by Crippen LogP contribution is 2.33. The molecule has 182 valence electrons. The molecule has 0 atom stereocenters. The minimum atomic E-state index is -0.316. The van der Waals surface area contributed by atoms with Crippen LogP contribution in [0.3, 0.4) is 0 Å². The highest BCUT2D eigenvalue weighted by Gasteiger charge is 2.14. The van der Waals surface area contributed by atoms with Gasteiger partial charge in [-0.25, -0.2) is 4.79 Å². The molecule has 2 heterocycles. The number of fused-ring (bicyclic) bond motifs is 1. The Morgan fingerprint density at radius 1 is 0.889 bits per heavy atom. The number of ether oxygens (including phenoxy) is 3. The lowest BCUT2D eigenvalue weighted by Gasteiger charge is -2.14. The molecule has 0 spiro atoms. The van der Waals surface area contributed by atoms with Crippen molar-refractivity contribution >= 4 is 10.8 Å². The van der Waals surface area contributed by atoms with Gasteiger partial charge in [-0.15, -0.1) is 0 Å². The summed E-state index contributed by atoms with van der Waals surface area (Å²) in [5, 5.41) is 9.90. The first-order chi connectivity index (χ1) is 17.5. The third kappa shape index (κ3) is 4.26. The van der Waals surface area contributed by atoms with Crippen LogP contribution in [0.4, 0.5) is 0 Å². The molecular formula is C27H25N5O4. The second-order valence-corrected chi connectivity index (χ2v) is 8.29. The smallest absolute Gasteiger partial charge is 0.368 e. The quantitative estimate of drug-likeness (QED) is 0.344. The van der Waals surface area contributed by atoms with Gasteiger partial charge in [-0.3, -0.25) is 0 Å². The van der Waals surface area contributed by atoms with Crippen LogP contribution in [0.25, 0.3) is 27.6 Å². The molecule has 0 fully saturated rings. The lowest BCUT2D eigenvalue weighted by molar-refractivity contribution is 0.305. The molecule has 5 rings (SSSR count). The fourth-order valence-electron chi connectivity index (χ4n) is 4.09. The topological polar surface area (TPSA) is 93.3 Å². The first-order valence-corrected chi connectivity index (χ1v) is 11.3. The van der Waals surface area contributed by atoms with Gasteiger partial charge in [-0.2, -0.15) is 14.3 Å². The van der Waals surface area contributed by atoms with E-state index in [1.165, 1.54) is 9.36 Å². The van der Waals surface area contributed by atoms with Gasteiger partial charge in [0.1, 0.15) is 12.4 Å². The van der Waals surface area contributed by atoms with E-state index in [0.717, 1.165) is 33.0 Å². The number of methoxy groups -OCH3 is 2. The number of hydrogen-bond acceptors (Lipinski definition) is 7. The Morgan fingerprint density at radius 2 is 1.72 bits per heavy atom. The molecule has 0 radical (unpaired) electrons. The maximum Gasteiger partial charge on any atom is 0.368 e. The summed E-state index contributed by atoms with van der Waals surface area (Å²) in [4.78, 5) is 16.8. The number of benzene rings is 3. The predicted molar refractivity (Wildman–Crippen MR) is 136 cm³/mol. The largest absolute Gasteiger partial charge is 0.489 e. The van der Waals surface area contributed by atoms with E-state index in [2.05, 4.69) is 27.5 Å². The summed E-state index contributed by atoms with van der Waals surface area (Å²) in [5.41, 5.74) is 4.02. The lowest BCUT2D eigenvalue weighted by atomic mass is 10.0. The fourth-order valence-corrected chi connectivity index (χ4v) is 4.09. The first-order valence-electron chi connectivity index (χ1n) is 11.3. The van der Waals surface area contributed by atoms with Crippen LogP contribution in [0.1, 0.15) is 11.1 Å². The lowest BCUT2D eigenvalue weighted by Crippen LogP contribution is -2.23. The van der Waals surface area contributed by atoms with E-state index >= 15 is 0 Å². The first kappa shape index (κ1) is 23.1. The predicted octanol–water partition coefficient (Wildman–Crippen LogP) is 4.09. The zero-order chi connectivity index (χ0) is 25.2. The van der Waals surface area contributed by atoms with Crippen molar-refractivity contribution in [3.05, 3.63) is 88.3 Å². The minimum Gasteiger partial charge on any atom is -0.489 e. The number of rotatable bonds is 7. The van der Waals surface area contributed by atoms with Crippen molar-refractivity contribution in [3.63, 3.8) is 0 Å². The molecule has 0 saturated heterocycles. The molecule has 5 aromatic rings. The van der Waals surface area contributed by atoms with Crippen molar-refractivity contribution in [2.75, 3.05) is 14.2 Å². The van der Waals surface area contributed by atoms with Gasteiger partial charge in [0.25, 0.3) is 0 Å². The zero-order valence-corrected chi connectivity index (χ0v) is 20.4. The van der Waals surface area contributed by atoms with Crippen LogP contribution in [-0.2, 0) is 13.7 Å². The van der Waals surface area contributed by atoms with Crippen LogP contribution in [0.5, 0.6) is 17.5 Å². The van der Waals surface area contributed by atoms with Crippen LogP contribution in [0, 0.1) is 6.92 Å². The molecule has 2 aromatic heterocycles. The number of nitrogens with zero attached hydrogens (tertiary/aromatic N) is 5. The monoisotopic (exact) mass is 483 g/mol. The third-order valence-corrected chi connectivity index (χ3v) is 6.08. The Balaban J connectivity index is 1.46. The van der Waals surface area contributed by atoms with Gasteiger partial charge in [-0.1, -0.05) is 30.3 Å². The Hall–Kier alpha value is -4.66. The van der Waals surface area contributed by atoms with Gasteiger partial charge in [0.2, 0.25) is 11.8 Å². The second-order valence-electron chi connectivity index (χ2n) is 8.29. The highest BCUT2D eigenvalue weighted by atomic mass is 16.5. The van der Waals surface area contributed by atoms with Gasteiger partial charge in [0.15, 0.2) is 0 Å². The number of aromatic nitrogens is 5. The summed E-state index contributed by atoms with van der Waals surface area (Å²) in [6, 6.07) is 21.6. The number of aryl methyl sites for hydroxylation is 2. The number of hydrogen-bond donors (Lipinski definition) is 0. The number of tetrazole rings is 1. The van der Waals surface area contributed by atoms with Crippen molar-refractivity contribution in [1.29, 1.82) is 0 Å².